The average Bonchev–Trinajstić information content (AvgIpc) is 2.61. The number of hydrogen-bond donors (Lipinski definition) is 1. The highest BCUT2D eigenvalue weighted by atomic mass is 35.5. The fourth-order valence-electron chi connectivity index (χ4n) is 2.74. The molecule has 0 bridgehead atoms. The van der Waals surface area contributed by atoms with Gasteiger partial charge in [-0.1, -0.05) is 24.6 Å². The fourth-order valence-corrected chi connectivity index (χ4v) is 2.91. The minimum absolute atomic E-state index is 0.0287. The van der Waals surface area contributed by atoms with Crippen LogP contribution in [0.3, 0.4) is 0 Å². The van der Waals surface area contributed by atoms with Crippen molar-refractivity contribution in [1.29, 1.82) is 0 Å². The van der Waals surface area contributed by atoms with Crippen LogP contribution in [0.1, 0.15) is 24.8 Å². The summed E-state index contributed by atoms with van der Waals surface area (Å²) in [5.41, 5.74) is 1.59. The van der Waals surface area contributed by atoms with Crippen molar-refractivity contribution in [3.63, 3.8) is 0 Å². The lowest BCUT2D eigenvalue weighted by Crippen LogP contribution is -2.17. The van der Waals surface area contributed by atoms with Gasteiger partial charge in [-0.2, -0.15) is 0 Å². The van der Waals surface area contributed by atoms with E-state index in [1.165, 1.54) is 0 Å². The number of anilines is 1. The number of carbonyl (C=O) groups is 1. The standard InChI is InChI=1S/C19H20ClNO4/c1-12(13-3-5-17-18(10-13)25-8-7-24-17)9-19(22)21-15-11-14(20)4-6-16(15)23-2/h3-6,10-12H,7-9H2,1-2H3,(H,21,22). The monoisotopic (exact) mass is 361 g/mol. The number of nitrogens with one attached hydrogen (secondary N) is 1. The van der Waals surface area contributed by atoms with Crippen LogP contribution in [0.5, 0.6) is 17.2 Å². The molecule has 2 aromatic rings. The first-order valence-electron chi connectivity index (χ1n) is 8.09. The van der Waals surface area contributed by atoms with E-state index < -0.39 is 0 Å². The lowest BCUT2D eigenvalue weighted by Gasteiger charge is -2.20. The summed E-state index contributed by atoms with van der Waals surface area (Å²) in [5.74, 6) is 1.97. The zero-order valence-electron chi connectivity index (χ0n) is 14.2. The number of rotatable bonds is 5. The number of methoxy groups -OCH3 is 1. The third kappa shape index (κ3) is 4.17. The predicted octanol–water partition coefficient (Wildman–Crippen LogP) is 4.25. The van der Waals surface area contributed by atoms with Crippen molar-refractivity contribution in [2.75, 3.05) is 25.6 Å². The van der Waals surface area contributed by atoms with E-state index in [1.807, 2.05) is 25.1 Å². The Labute approximate surface area is 151 Å². The zero-order valence-corrected chi connectivity index (χ0v) is 14.9. The Morgan fingerprint density at radius 1 is 1.20 bits per heavy atom. The Hall–Kier alpha value is -2.40. The molecular weight excluding hydrogens is 342 g/mol. The van der Waals surface area contributed by atoms with Gasteiger partial charge in [0.15, 0.2) is 11.5 Å². The number of benzene rings is 2. The molecule has 1 aliphatic rings. The Bertz CT molecular complexity index is 778. The second-order valence-corrected chi connectivity index (χ2v) is 6.34. The molecule has 6 heteroatoms. The summed E-state index contributed by atoms with van der Waals surface area (Å²) in [7, 11) is 1.55. The van der Waals surface area contributed by atoms with Crippen molar-refractivity contribution in [3.05, 3.63) is 47.0 Å². The summed E-state index contributed by atoms with van der Waals surface area (Å²) in [6.45, 7) is 3.10. The molecule has 1 heterocycles. The summed E-state index contributed by atoms with van der Waals surface area (Å²) in [5, 5.41) is 3.40. The zero-order chi connectivity index (χ0) is 17.8. The summed E-state index contributed by atoms with van der Waals surface area (Å²) >= 11 is 5.99. The molecule has 5 nitrogen and oxygen atoms in total. The van der Waals surface area contributed by atoms with Crippen LogP contribution in [-0.4, -0.2) is 26.2 Å². The Kier molecular flexibility index (Phi) is 5.34. The van der Waals surface area contributed by atoms with Crippen molar-refractivity contribution in [3.8, 4) is 17.2 Å². The maximum atomic E-state index is 12.4. The maximum absolute atomic E-state index is 12.4. The maximum Gasteiger partial charge on any atom is 0.225 e. The van der Waals surface area contributed by atoms with Crippen molar-refractivity contribution in [1.82, 2.24) is 0 Å². The van der Waals surface area contributed by atoms with Gasteiger partial charge in [0.1, 0.15) is 19.0 Å². The molecular formula is C19H20ClNO4. The van der Waals surface area contributed by atoms with Gasteiger partial charge < -0.3 is 19.5 Å². The van der Waals surface area contributed by atoms with Crippen LogP contribution in [-0.2, 0) is 4.79 Å². The highest BCUT2D eigenvalue weighted by Crippen LogP contribution is 2.34. The first-order chi connectivity index (χ1) is 12.1. The second-order valence-electron chi connectivity index (χ2n) is 5.90. The van der Waals surface area contributed by atoms with Gasteiger partial charge in [0, 0.05) is 11.4 Å². The number of halogens is 1. The second kappa shape index (κ2) is 7.66. The molecule has 0 aliphatic carbocycles. The largest absolute Gasteiger partial charge is 0.495 e. The molecule has 1 N–H and O–H groups in total. The van der Waals surface area contributed by atoms with Gasteiger partial charge in [-0.05, 0) is 41.8 Å². The first kappa shape index (κ1) is 17.4. The molecule has 0 spiro atoms. The van der Waals surface area contributed by atoms with Crippen LogP contribution < -0.4 is 19.5 Å². The molecule has 132 valence electrons. The highest BCUT2D eigenvalue weighted by Gasteiger charge is 2.17. The van der Waals surface area contributed by atoms with Crippen molar-refractivity contribution >= 4 is 23.2 Å². The van der Waals surface area contributed by atoms with Crippen molar-refractivity contribution < 1.29 is 19.0 Å². The van der Waals surface area contributed by atoms with E-state index in [0.29, 0.717) is 36.1 Å². The van der Waals surface area contributed by atoms with E-state index in [9.17, 15) is 4.79 Å². The minimum atomic E-state index is -0.108. The van der Waals surface area contributed by atoms with E-state index in [2.05, 4.69) is 5.32 Å². The number of carbonyl (C=O) groups excluding carboxylic acids is 1. The number of hydrogen-bond acceptors (Lipinski definition) is 4. The summed E-state index contributed by atoms with van der Waals surface area (Å²) in [6.07, 6.45) is 0.329. The van der Waals surface area contributed by atoms with Gasteiger partial charge in [-0.15, -0.1) is 0 Å². The lowest BCUT2D eigenvalue weighted by molar-refractivity contribution is -0.116. The van der Waals surface area contributed by atoms with Gasteiger partial charge in [0.05, 0.1) is 12.8 Å². The average molecular weight is 362 g/mol. The highest BCUT2D eigenvalue weighted by molar-refractivity contribution is 6.31. The molecule has 25 heavy (non-hydrogen) atoms. The van der Waals surface area contributed by atoms with Crippen LogP contribution in [0.15, 0.2) is 36.4 Å². The number of fused-ring (bicyclic) bond motifs is 1. The summed E-state index contributed by atoms with van der Waals surface area (Å²) in [6, 6.07) is 10.9. The Balaban J connectivity index is 1.67. The van der Waals surface area contributed by atoms with E-state index in [-0.39, 0.29) is 11.8 Å². The Morgan fingerprint density at radius 3 is 2.72 bits per heavy atom. The van der Waals surface area contributed by atoms with Gasteiger partial charge in [-0.25, -0.2) is 0 Å². The normalized spacial score (nSPS) is 13.9. The minimum Gasteiger partial charge on any atom is -0.495 e. The molecule has 0 saturated carbocycles. The molecule has 1 aliphatic heterocycles. The van der Waals surface area contributed by atoms with Crippen LogP contribution in [0.2, 0.25) is 5.02 Å². The van der Waals surface area contributed by atoms with Crippen molar-refractivity contribution in [2.45, 2.75) is 19.3 Å². The van der Waals surface area contributed by atoms with E-state index in [0.717, 1.165) is 17.1 Å². The van der Waals surface area contributed by atoms with Gasteiger partial charge >= 0.3 is 0 Å². The Morgan fingerprint density at radius 2 is 1.96 bits per heavy atom. The number of amides is 1. The number of ether oxygens (including phenoxy) is 3. The van der Waals surface area contributed by atoms with E-state index in [1.54, 1.807) is 25.3 Å². The topological polar surface area (TPSA) is 56.8 Å². The summed E-state index contributed by atoms with van der Waals surface area (Å²) < 4.78 is 16.4. The lowest BCUT2D eigenvalue weighted by atomic mass is 9.97. The first-order valence-corrected chi connectivity index (χ1v) is 8.47. The van der Waals surface area contributed by atoms with Gasteiger partial charge in [0.2, 0.25) is 5.91 Å². The van der Waals surface area contributed by atoms with Crippen LogP contribution in [0.25, 0.3) is 0 Å². The smallest absolute Gasteiger partial charge is 0.225 e. The molecule has 1 atom stereocenters. The SMILES string of the molecule is COc1ccc(Cl)cc1NC(=O)CC(C)c1ccc2c(c1)OCCO2. The molecule has 1 amide bonds. The van der Waals surface area contributed by atoms with Gasteiger partial charge in [-0.3, -0.25) is 4.79 Å². The van der Waals surface area contributed by atoms with Crippen LogP contribution in [0.4, 0.5) is 5.69 Å². The molecule has 1 unspecified atom stereocenters. The van der Waals surface area contributed by atoms with E-state index in [4.69, 9.17) is 25.8 Å². The molecule has 0 aromatic heterocycles. The fraction of sp³-hybridized carbons (Fsp3) is 0.316. The predicted molar refractivity (Wildman–Crippen MR) is 97.1 cm³/mol. The third-order valence-electron chi connectivity index (χ3n) is 4.06. The summed E-state index contributed by atoms with van der Waals surface area (Å²) in [4.78, 5) is 12.4. The van der Waals surface area contributed by atoms with E-state index >= 15 is 0 Å². The third-order valence-corrected chi connectivity index (χ3v) is 4.30. The van der Waals surface area contributed by atoms with Crippen LogP contribution >= 0.6 is 11.6 Å². The molecule has 0 saturated heterocycles. The van der Waals surface area contributed by atoms with Crippen molar-refractivity contribution in [2.24, 2.45) is 0 Å². The molecule has 2 aromatic carbocycles. The van der Waals surface area contributed by atoms with Crippen LogP contribution in [0, 0.1) is 0 Å². The molecule has 3 rings (SSSR count). The quantitative estimate of drug-likeness (QED) is 0.864. The van der Waals surface area contributed by atoms with Gasteiger partial charge in [0.25, 0.3) is 0 Å². The molecule has 0 radical (unpaired) electrons. The molecule has 0 fully saturated rings.